The zero-order valence-electron chi connectivity index (χ0n) is 13.7. The highest BCUT2D eigenvalue weighted by atomic mass is 127. The number of likely N-dealkylation sites (tertiary alicyclic amines) is 1. The maximum atomic E-state index is 11.6. The van der Waals surface area contributed by atoms with Gasteiger partial charge in [0, 0.05) is 51.0 Å². The third-order valence-electron chi connectivity index (χ3n) is 5.62. The fourth-order valence-corrected chi connectivity index (χ4v) is 4.32. The van der Waals surface area contributed by atoms with E-state index in [1.165, 1.54) is 12.8 Å². The van der Waals surface area contributed by atoms with Crippen molar-refractivity contribution in [3.8, 4) is 0 Å². The third-order valence-corrected chi connectivity index (χ3v) is 5.62. The SMILES string of the molecule is CN=C(NCCNC(=O)C1CC1)N1CC2C3CCC(O3)C2C1.I. The molecule has 4 rings (SSSR count). The molecule has 7 heteroatoms. The molecular weight excluding hydrogens is 407 g/mol. The van der Waals surface area contributed by atoms with Crippen LogP contribution in [0.5, 0.6) is 0 Å². The first-order valence-corrected chi connectivity index (χ1v) is 8.65. The van der Waals surface area contributed by atoms with Gasteiger partial charge in [-0.2, -0.15) is 0 Å². The van der Waals surface area contributed by atoms with Gasteiger partial charge in [0.05, 0.1) is 12.2 Å². The molecule has 0 radical (unpaired) electrons. The van der Waals surface area contributed by atoms with Gasteiger partial charge in [-0.15, -0.1) is 24.0 Å². The number of nitrogens with zero attached hydrogens (tertiary/aromatic N) is 2. The summed E-state index contributed by atoms with van der Waals surface area (Å²) in [4.78, 5) is 18.4. The molecule has 4 unspecified atom stereocenters. The Hall–Kier alpha value is -0.570. The van der Waals surface area contributed by atoms with Crippen LogP contribution in [0, 0.1) is 17.8 Å². The number of nitrogens with one attached hydrogen (secondary N) is 2. The van der Waals surface area contributed by atoms with Crippen LogP contribution >= 0.6 is 24.0 Å². The molecular formula is C16H27IN4O2. The van der Waals surface area contributed by atoms with Gasteiger partial charge in [0.15, 0.2) is 5.96 Å². The monoisotopic (exact) mass is 434 g/mol. The minimum absolute atomic E-state index is 0. The maximum absolute atomic E-state index is 11.6. The average molecular weight is 434 g/mol. The van der Waals surface area contributed by atoms with Gasteiger partial charge >= 0.3 is 0 Å². The molecule has 3 saturated heterocycles. The molecule has 3 aliphatic heterocycles. The number of fused-ring (bicyclic) bond motifs is 5. The van der Waals surface area contributed by atoms with Crippen LogP contribution in [0.3, 0.4) is 0 Å². The Kier molecular flexibility index (Phi) is 5.35. The fraction of sp³-hybridized carbons (Fsp3) is 0.875. The Morgan fingerprint density at radius 2 is 1.70 bits per heavy atom. The van der Waals surface area contributed by atoms with Gasteiger partial charge in [-0.3, -0.25) is 9.79 Å². The van der Waals surface area contributed by atoms with Crippen LogP contribution in [-0.4, -0.2) is 62.2 Å². The van der Waals surface area contributed by atoms with Crippen molar-refractivity contribution in [3.63, 3.8) is 0 Å². The van der Waals surface area contributed by atoms with Gasteiger partial charge in [-0.05, 0) is 25.7 Å². The van der Waals surface area contributed by atoms with Crippen LogP contribution in [0.2, 0.25) is 0 Å². The van der Waals surface area contributed by atoms with Crippen LogP contribution < -0.4 is 10.6 Å². The predicted molar refractivity (Wildman–Crippen MR) is 99.0 cm³/mol. The van der Waals surface area contributed by atoms with E-state index in [2.05, 4.69) is 20.5 Å². The molecule has 23 heavy (non-hydrogen) atoms. The first-order chi connectivity index (χ1) is 10.8. The number of guanidine groups is 1. The van der Waals surface area contributed by atoms with Gasteiger partial charge < -0.3 is 20.3 Å². The van der Waals surface area contributed by atoms with Crippen molar-refractivity contribution in [1.29, 1.82) is 0 Å². The van der Waals surface area contributed by atoms with E-state index in [0.717, 1.165) is 38.4 Å². The number of hydrogen-bond acceptors (Lipinski definition) is 3. The van der Waals surface area contributed by atoms with Gasteiger partial charge in [0.25, 0.3) is 0 Å². The van der Waals surface area contributed by atoms with E-state index in [1.807, 2.05) is 7.05 Å². The Labute approximate surface area is 154 Å². The molecule has 0 aromatic rings. The maximum Gasteiger partial charge on any atom is 0.223 e. The van der Waals surface area contributed by atoms with Crippen molar-refractivity contribution in [1.82, 2.24) is 15.5 Å². The summed E-state index contributed by atoms with van der Waals surface area (Å²) in [6.07, 6.45) is 5.55. The van der Waals surface area contributed by atoms with Crippen LogP contribution in [0.4, 0.5) is 0 Å². The predicted octanol–water partition coefficient (Wildman–Crippen LogP) is 0.815. The van der Waals surface area contributed by atoms with Crippen LogP contribution in [-0.2, 0) is 9.53 Å². The molecule has 130 valence electrons. The zero-order chi connectivity index (χ0) is 15.1. The number of aliphatic imine (C=N–C) groups is 1. The van der Waals surface area contributed by atoms with E-state index >= 15 is 0 Å². The molecule has 3 heterocycles. The topological polar surface area (TPSA) is 66.0 Å². The molecule has 2 N–H and O–H groups in total. The zero-order valence-corrected chi connectivity index (χ0v) is 16.0. The number of carbonyl (C=O) groups is 1. The lowest BCUT2D eigenvalue weighted by Crippen LogP contribution is -2.44. The van der Waals surface area contributed by atoms with E-state index in [0.29, 0.717) is 30.6 Å². The van der Waals surface area contributed by atoms with Crippen molar-refractivity contribution in [2.45, 2.75) is 37.9 Å². The molecule has 6 nitrogen and oxygen atoms in total. The summed E-state index contributed by atoms with van der Waals surface area (Å²) in [5.74, 6) is 2.84. The minimum Gasteiger partial charge on any atom is -0.374 e. The van der Waals surface area contributed by atoms with Crippen LogP contribution in [0.1, 0.15) is 25.7 Å². The third kappa shape index (κ3) is 3.45. The molecule has 1 saturated carbocycles. The quantitative estimate of drug-likeness (QED) is 0.298. The molecule has 0 spiro atoms. The Morgan fingerprint density at radius 1 is 1.09 bits per heavy atom. The lowest BCUT2D eigenvalue weighted by molar-refractivity contribution is -0.122. The Morgan fingerprint density at radius 3 is 2.26 bits per heavy atom. The second-order valence-corrected chi connectivity index (χ2v) is 7.06. The molecule has 1 amide bonds. The normalized spacial score (nSPS) is 35.0. The number of rotatable bonds is 4. The highest BCUT2D eigenvalue weighted by Crippen LogP contribution is 2.47. The first kappa shape index (κ1) is 17.3. The molecule has 2 bridgehead atoms. The van der Waals surface area contributed by atoms with Crippen LogP contribution in [0.15, 0.2) is 4.99 Å². The molecule has 4 aliphatic rings. The van der Waals surface area contributed by atoms with Gasteiger partial charge in [0.1, 0.15) is 0 Å². The highest BCUT2D eigenvalue weighted by Gasteiger charge is 2.53. The summed E-state index contributed by atoms with van der Waals surface area (Å²) >= 11 is 0. The van der Waals surface area contributed by atoms with Gasteiger partial charge in [-0.25, -0.2) is 0 Å². The Bertz CT molecular complexity index is 465. The summed E-state index contributed by atoms with van der Waals surface area (Å²) < 4.78 is 6.02. The van der Waals surface area contributed by atoms with Crippen molar-refractivity contribution in [3.05, 3.63) is 0 Å². The number of carbonyl (C=O) groups excluding carboxylic acids is 1. The standard InChI is InChI=1S/C16H26N4O2.HI/c1-17-16(19-7-6-18-15(21)10-2-3-10)20-8-11-12(9-20)14-5-4-13(11)22-14;/h10-14H,2-9H2,1H3,(H,17,19)(H,18,21);1H. The highest BCUT2D eigenvalue weighted by molar-refractivity contribution is 14.0. The second kappa shape index (κ2) is 7.13. The van der Waals surface area contributed by atoms with Gasteiger partial charge in [0.2, 0.25) is 5.91 Å². The first-order valence-electron chi connectivity index (χ1n) is 8.65. The summed E-state index contributed by atoms with van der Waals surface area (Å²) in [5, 5.41) is 6.37. The number of halogens is 1. The summed E-state index contributed by atoms with van der Waals surface area (Å²) in [6.45, 7) is 3.52. The Balaban J connectivity index is 0.00000156. The number of hydrogen-bond donors (Lipinski definition) is 2. The van der Waals surface area contributed by atoms with E-state index in [-0.39, 0.29) is 35.8 Å². The lowest BCUT2D eigenvalue weighted by atomic mass is 9.82. The van der Waals surface area contributed by atoms with E-state index in [4.69, 9.17) is 4.74 Å². The molecule has 0 aromatic carbocycles. The van der Waals surface area contributed by atoms with E-state index in [1.54, 1.807) is 0 Å². The van der Waals surface area contributed by atoms with Crippen molar-refractivity contribution in [2.24, 2.45) is 22.7 Å². The van der Waals surface area contributed by atoms with Crippen molar-refractivity contribution in [2.75, 3.05) is 33.2 Å². The molecule has 4 atom stereocenters. The lowest BCUT2D eigenvalue weighted by Gasteiger charge is -2.23. The average Bonchev–Trinajstić information content (AvgIpc) is 2.97. The molecule has 0 aromatic heterocycles. The molecule has 1 aliphatic carbocycles. The van der Waals surface area contributed by atoms with E-state index < -0.39 is 0 Å². The summed E-state index contributed by atoms with van der Waals surface area (Å²) in [5.41, 5.74) is 0. The fourth-order valence-electron chi connectivity index (χ4n) is 4.32. The van der Waals surface area contributed by atoms with Crippen molar-refractivity contribution >= 4 is 35.8 Å². The number of ether oxygens (including phenoxy) is 1. The summed E-state index contributed by atoms with van der Waals surface area (Å²) in [7, 11) is 1.84. The van der Waals surface area contributed by atoms with Gasteiger partial charge in [-0.1, -0.05) is 0 Å². The minimum atomic E-state index is 0. The van der Waals surface area contributed by atoms with Crippen LogP contribution in [0.25, 0.3) is 0 Å². The smallest absolute Gasteiger partial charge is 0.223 e. The van der Waals surface area contributed by atoms with E-state index in [9.17, 15) is 4.79 Å². The summed E-state index contributed by atoms with van der Waals surface area (Å²) in [6, 6.07) is 0. The molecule has 4 fully saturated rings. The van der Waals surface area contributed by atoms with Crippen molar-refractivity contribution < 1.29 is 9.53 Å². The number of amides is 1. The second-order valence-electron chi connectivity index (χ2n) is 7.06. The largest absolute Gasteiger partial charge is 0.374 e.